The molecule has 0 radical (unpaired) electrons. The SMILES string of the molecule is C1=C(c2ccccc2)C2=CC2C1. The topological polar surface area (TPSA) is 0 Å². The summed E-state index contributed by atoms with van der Waals surface area (Å²) in [5, 5.41) is 0. The molecule has 0 heterocycles. The van der Waals surface area contributed by atoms with Gasteiger partial charge in [-0.05, 0) is 23.1 Å². The number of hydrogen-bond donors (Lipinski definition) is 0. The first kappa shape index (κ1) is 6.24. The van der Waals surface area contributed by atoms with Gasteiger partial charge in [-0.25, -0.2) is 0 Å². The first-order valence-corrected chi connectivity index (χ1v) is 4.43. The summed E-state index contributed by atoms with van der Waals surface area (Å²) in [5.74, 6) is 0.806. The third kappa shape index (κ3) is 0.781. The number of hydrogen-bond acceptors (Lipinski definition) is 0. The van der Waals surface area contributed by atoms with Crippen LogP contribution in [0.1, 0.15) is 12.0 Å². The summed E-state index contributed by atoms with van der Waals surface area (Å²) in [4.78, 5) is 0. The van der Waals surface area contributed by atoms with Crippen LogP contribution in [0.5, 0.6) is 0 Å². The minimum atomic E-state index is 0.806. The molecule has 0 bridgehead atoms. The van der Waals surface area contributed by atoms with Gasteiger partial charge in [0.15, 0.2) is 0 Å². The van der Waals surface area contributed by atoms with Crippen LogP contribution >= 0.6 is 0 Å². The van der Waals surface area contributed by atoms with Gasteiger partial charge >= 0.3 is 0 Å². The van der Waals surface area contributed by atoms with E-state index in [0.29, 0.717) is 0 Å². The van der Waals surface area contributed by atoms with E-state index in [4.69, 9.17) is 0 Å². The molecule has 2 aliphatic rings. The Kier molecular flexibility index (Phi) is 1.09. The number of allylic oxidation sites excluding steroid dienone is 4. The number of fused-ring (bicyclic) bond motifs is 1. The normalized spacial score (nSPS) is 24.5. The molecule has 2 aliphatic carbocycles. The van der Waals surface area contributed by atoms with Crippen molar-refractivity contribution < 1.29 is 0 Å². The summed E-state index contributed by atoms with van der Waals surface area (Å²) in [6, 6.07) is 10.7. The van der Waals surface area contributed by atoms with Gasteiger partial charge in [-0.15, -0.1) is 0 Å². The van der Waals surface area contributed by atoms with Gasteiger partial charge in [0, 0.05) is 5.92 Å². The molecule has 0 heteroatoms. The average molecular weight is 154 g/mol. The van der Waals surface area contributed by atoms with Gasteiger partial charge < -0.3 is 0 Å². The number of rotatable bonds is 1. The molecule has 0 saturated carbocycles. The molecule has 0 N–H and O–H groups in total. The minimum Gasteiger partial charge on any atom is -0.0755 e. The van der Waals surface area contributed by atoms with E-state index in [2.05, 4.69) is 42.5 Å². The molecule has 0 fully saturated rings. The molecule has 0 amide bonds. The summed E-state index contributed by atoms with van der Waals surface area (Å²) in [5.41, 5.74) is 4.42. The van der Waals surface area contributed by atoms with Crippen molar-refractivity contribution in [2.24, 2.45) is 5.92 Å². The molecule has 1 unspecified atom stereocenters. The van der Waals surface area contributed by atoms with Gasteiger partial charge in [0.25, 0.3) is 0 Å². The smallest absolute Gasteiger partial charge is 0.00621 e. The Hall–Kier alpha value is -1.30. The highest BCUT2D eigenvalue weighted by molar-refractivity contribution is 5.87. The summed E-state index contributed by atoms with van der Waals surface area (Å²) in [6.07, 6.45) is 5.96. The van der Waals surface area contributed by atoms with Crippen molar-refractivity contribution in [2.75, 3.05) is 0 Å². The van der Waals surface area contributed by atoms with Crippen LogP contribution in [0.25, 0.3) is 5.57 Å². The molecular weight excluding hydrogens is 144 g/mol. The van der Waals surface area contributed by atoms with Gasteiger partial charge in [-0.2, -0.15) is 0 Å². The lowest BCUT2D eigenvalue weighted by atomic mass is 10.1. The quantitative estimate of drug-likeness (QED) is 0.583. The predicted molar refractivity (Wildman–Crippen MR) is 50.6 cm³/mol. The first-order chi connectivity index (χ1) is 5.95. The van der Waals surface area contributed by atoms with E-state index in [0.717, 1.165) is 5.92 Å². The summed E-state index contributed by atoms with van der Waals surface area (Å²) < 4.78 is 0. The lowest BCUT2D eigenvalue weighted by Crippen LogP contribution is -1.78. The van der Waals surface area contributed by atoms with E-state index >= 15 is 0 Å². The van der Waals surface area contributed by atoms with Crippen molar-refractivity contribution in [2.45, 2.75) is 6.42 Å². The largest absolute Gasteiger partial charge is 0.0755 e. The van der Waals surface area contributed by atoms with Crippen LogP contribution in [0, 0.1) is 5.92 Å². The van der Waals surface area contributed by atoms with Gasteiger partial charge in [0.2, 0.25) is 0 Å². The van der Waals surface area contributed by atoms with Gasteiger partial charge in [-0.3, -0.25) is 0 Å². The van der Waals surface area contributed by atoms with Gasteiger partial charge in [0.1, 0.15) is 0 Å². The molecule has 0 saturated heterocycles. The van der Waals surface area contributed by atoms with E-state index in [9.17, 15) is 0 Å². The molecule has 0 aliphatic heterocycles. The van der Waals surface area contributed by atoms with E-state index in [1.54, 1.807) is 5.57 Å². The van der Waals surface area contributed by atoms with Crippen molar-refractivity contribution in [3.8, 4) is 0 Å². The van der Waals surface area contributed by atoms with Crippen molar-refractivity contribution in [3.63, 3.8) is 0 Å². The molecule has 1 aromatic rings. The van der Waals surface area contributed by atoms with Crippen LogP contribution in [0.3, 0.4) is 0 Å². The van der Waals surface area contributed by atoms with E-state index in [-0.39, 0.29) is 0 Å². The highest BCUT2D eigenvalue weighted by Gasteiger charge is 2.32. The standard InChI is InChI=1S/C12H10/c1-2-4-9(5-3-1)11-7-6-10-8-12(10)11/h1-5,7-8,10H,6H2. The monoisotopic (exact) mass is 154 g/mol. The maximum atomic E-state index is 2.36. The summed E-state index contributed by atoms with van der Waals surface area (Å²) in [7, 11) is 0. The third-order valence-corrected chi connectivity index (χ3v) is 2.64. The molecule has 1 aromatic carbocycles. The Bertz CT molecular complexity index is 368. The maximum absolute atomic E-state index is 2.36. The molecule has 3 rings (SSSR count). The third-order valence-electron chi connectivity index (χ3n) is 2.64. The van der Waals surface area contributed by atoms with Crippen LogP contribution in [-0.2, 0) is 0 Å². The van der Waals surface area contributed by atoms with Gasteiger partial charge in [0.05, 0.1) is 0 Å². The fourth-order valence-electron chi connectivity index (χ4n) is 1.92. The summed E-state index contributed by atoms with van der Waals surface area (Å²) in [6.45, 7) is 0. The molecule has 0 nitrogen and oxygen atoms in total. The minimum absolute atomic E-state index is 0.806. The highest BCUT2D eigenvalue weighted by Crippen LogP contribution is 2.48. The van der Waals surface area contributed by atoms with Crippen LogP contribution in [-0.4, -0.2) is 0 Å². The van der Waals surface area contributed by atoms with Crippen LogP contribution in [0.4, 0.5) is 0 Å². The maximum Gasteiger partial charge on any atom is 0.00621 e. The second kappa shape index (κ2) is 2.10. The Balaban J connectivity index is 2.04. The second-order valence-electron chi connectivity index (χ2n) is 3.45. The molecule has 0 aromatic heterocycles. The van der Waals surface area contributed by atoms with Crippen LogP contribution in [0.15, 0.2) is 48.1 Å². The Morgan fingerprint density at radius 3 is 2.50 bits per heavy atom. The lowest BCUT2D eigenvalue weighted by Gasteiger charge is -1.98. The van der Waals surface area contributed by atoms with Crippen molar-refractivity contribution in [3.05, 3.63) is 53.6 Å². The lowest BCUT2D eigenvalue weighted by molar-refractivity contribution is 0.955. The van der Waals surface area contributed by atoms with E-state index in [1.807, 2.05) is 0 Å². The molecular formula is C12H10. The molecule has 0 spiro atoms. The highest BCUT2D eigenvalue weighted by atomic mass is 14.4. The molecule has 58 valence electrons. The van der Waals surface area contributed by atoms with Crippen molar-refractivity contribution >= 4 is 5.57 Å². The van der Waals surface area contributed by atoms with Gasteiger partial charge in [-0.1, -0.05) is 42.5 Å². The van der Waals surface area contributed by atoms with Crippen molar-refractivity contribution in [1.29, 1.82) is 0 Å². The van der Waals surface area contributed by atoms with Crippen LogP contribution < -0.4 is 0 Å². The fourth-order valence-corrected chi connectivity index (χ4v) is 1.92. The zero-order chi connectivity index (χ0) is 7.97. The Morgan fingerprint density at radius 2 is 1.92 bits per heavy atom. The number of benzene rings is 1. The zero-order valence-electron chi connectivity index (χ0n) is 6.83. The zero-order valence-corrected chi connectivity index (χ0v) is 6.83. The predicted octanol–water partition coefficient (Wildman–Crippen LogP) is 3.03. The molecule has 12 heavy (non-hydrogen) atoms. The van der Waals surface area contributed by atoms with E-state index in [1.165, 1.54) is 17.6 Å². The van der Waals surface area contributed by atoms with Crippen LogP contribution in [0.2, 0.25) is 0 Å². The Morgan fingerprint density at radius 1 is 1.08 bits per heavy atom. The van der Waals surface area contributed by atoms with E-state index < -0.39 is 0 Å². The second-order valence-corrected chi connectivity index (χ2v) is 3.45. The Labute approximate surface area is 72.2 Å². The van der Waals surface area contributed by atoms with Crippen molar-refractivity contribution in [1.82, 2.24) is 0 Å². The average Bonchev–Trinajstić information content (AvgIpc) is 2.80. The summed E-state index contributed by atoms with van der Waals surface area (Å²) >= 11 is 0. The fraction of sp³-hybridized carbons (Fsp3) is 0.167. The molecule has 1 atom stereocenters. The first-order valence-electron chi connectivity index (χ1n) is 4.43.